The van der Waals surface area contributed by atoms with Crippen LogP contribution in [0.5, 0.6) is 0 Å². The first-order valence-corrected chi connectivity index (χ1v) is 3.30. The third-order valence-corrected chi connectivity index (χ3v) is 1.24. The summed E-state index contributed by atoms with van der Waals surface area (Å²) in [7, 11) is -1.85. The van der Waals surface area contributed by atoms with E-state index in [1.165, 1.54) is 0 Å². The SMILES string of the molecule is CCC[P](=O)O. The molecule has 0 bridgehead atoms. The molecule has 0 aliphatic rings. The molecule has 1 radical (unpaired) electrons. The van der Waals surface area contributed by atoms with E-state index in [-0.39, 0.29) is 0 Å². The normalized spacial score (nSPS) is 11.3. The second kappa shape index (κ2) is 3.26. The maximum absolute atomic E-state index is 9.75. The zero-order chi connectivity index (χ0) is 4.99. The van der Waals surface area contributed by atoms with Crippen LogP contribution in [0.1, 0.15) is 13.3 Å². The monoisotopic (exact) mass is 107 g/mol. The van der Waals surface area contributed by atoms with Gasteiger partial charge in [-0.2, -0.15) is 0 Å². The standard InChI is InChI=1S/C3H8O2P/c1-2-3-6(4)5/h2-3H2,1H3,(H,4,5). The van der Waals surface area contributed by atoms with E-state index in [0.29, 0.717) is 6.16 Å². The first-order chi connectivity index (χ1) is 2.77. The Morgan fingerprint density at radius 1 is 1.83 bits per heavy atom. The minimum atomic E-state index is -1.85. The molecule has 0 aliphatic carbocycles. The summed E-state index contributed by atoms with van der Waals surface area (Å²) >= 11 is 0. The summed E-state index contributed by atoms with van der Waals surface area (Å²) in [6, 6.07) is 0. The second-order valence-electron chi connectivity index (χ2n) is 1.08. The molecule has 1 N–H and O–H groups in total. The topological polar surface area (TPSA) is 37.3 Å². The van der Waals surface area contributed by atoms with Crippen LogP contribution in [0, 0.1) is 0 Å². The summed E-state index contributed by atoms with van der Waals surface area (Å²) < 4.78 is 9.75. The quantitative estimate of drug-likeness (QED) is 0.537. The molecule has 0 aromatic rings. The Morgan fingerprint density at radius 2 is 2.33 bits per heavy atom. The van der Waals surface area contributed by atoms with E-state index in [4.69, 9.17) is 4.89 Å². The van der Waals surface area contributed by atoms with Gasteiger partial charge < -0.3 is 4.89 Å². The molecule has 0 rings (SSSR count). The average molecular weight is 107 g/mol. The van der Waals surface area contributed by atoms with Crippen LogP contribution in [0.15, 0.2) is 0 Å². The van der Waals surface area contributed by atoms with E-state index in [1.807, 2.05) is 6.92 Å². The molecule has 1 atom stereocenters. The van der Waals surface area contributed by atoms with Gasteiger partial charge >= 0.3 is 0 Å². The van der Waals surface area contributed by atoms with E-state index in [9.17, 15) is 4.57 Å². The van der Waals surface area contributed by atoms with Crippen LogP contribution in [-0.2, 0) is 4.57 Å². The third kappa shape index (κ3) is 4.06. The van der Waals surface area contributed by atoms with E-state index in [0.717, 1.165) is 6.42 Å². The highest BCUT2D eigenvalue weighted by atomic mass is 31.1. The highest BCUT2D eigenvalue weighted by Crippen LogP contribution is 2.12. The molecule has 37 valence electrons. The van der Waals surface area contributed by atoms with Crippen molar-refractivity contribution in [3.05, 3.63) is 0 Å². The molecular formula is C3H8O2P. The van der Waals surface area contributed by atoms with Crippen LogP contribution in [0.2, 0.25) is 0 Å². The first kappa shape index (κ1) is 6.06. The Bertz CT molecular complexity index is 52.8. The van der Waals surface area contributed by atoms with Gasteiger partial charge in [0.25, 0.3) is 0 Å². The lowest BCUT2D eigenvalue weighted by atomic mass is 10.6. The molecule has 0 aliphatic heterocycles. The first-order valence-electron chi connectivity index (χ1n) is 1.91. The minimum absolute atomic E-state index is 0.440. The maximum atomic E-state index is 9.75. The van der Waals surface area contributed by atoms with Gasteiger partial charge in [-0.05, 0) is 6.42 Å². The summed E-state index contributed by atoms with van der Waals surface area (Å²) in [5.41, 5.74) is 0. The van der Waals surface area contributed by atoms with E-state index in [2.05, 4.69) is 0 Å². The van der Waals surface area contributed by atoms with Crippen LogP contribution in [0.4, 0.5) is 0 Å². The molecular weight excluding hydrogens is 99.0 g/mol. The summed E-state index contributed by atoms with van der Waals surface area (Å²) in [5, 5.41) is 0. The third-order valence-electron chi connectivity index (χ3n) is 0.415. The van der Waals surface area contributed by atoms with Crippen molar-refractivity contribution in [1.82, 2.24) is 0 Å². The molecule has 1 unspecified atom stereocenters. The Hall–Kier alpha value is 0.0600. The predicted octanol–water partition coefficient (Wildman–Crippen LogP) is 1.13. The van der Waals surface area contributed by atoms with Crippen molar-refractivity contribution in [2.24, 2.45) is 0 Å². The summed E-state index contributed by atoms with van der Waals surface area (Å²) in [6.45, 7) is 1.88. The van der Waals surface area contributed by atoms with Gasteiger partial charge in [-0.1, -0.05) is 6.92 Å². The molecule has 0 aromatic carbocycles. The Balaban J connectivity index is 2.83. The number of hydrogen-bond acceptors (Lipinski definition) is 1. The maximum Gasteiger partial charge on any atom is 0.209 e. The molecule has 0 saturated carbocycles. The predicted molar refractivity (Wildman–Crippen MR) is 25.0 cm³/mol. The van der Waals surface area contributed by atoms with Gasteiger partial charge in [-0.3, -0.25) is 4.57 Å². The van der Waals surface area contributed by atoms with Crippen LogP contribution in [-0.4, -0.2) is 11.1 Å². The smallest absolute Gasteiger partial charge is 0.209 e. The molecule has 3 heteroatoms. The van der Waals surface area contributed by atoms with E-state index < -0.39 is 8.03 Å². The van der Waals surface area contributed by atoms with Crippen molar-refractivity contribution in [2.45, 2.75) is 13.3 Å². The second-order valence-corrected chi connectivity index (χ2v) is 2.23. The van der Waals surface area contributed by atoms with Crippen LogP contribution in [0.25, 0.3) is 0 Å². The Morgan fingerprint density at radius 3 is 2.33 bits per heavy atom. The van der Waals surface area contributed by atoms with Gasteiger partial charge in [0.2, 0.25) is 8.03 Å². The highest BCUT2D eigenvalue weighted by Gasteiger charge is 1.85. The van der Waals surface area contributed by atoms with Gasteiger partial charge in [0.15, 0.2) is 0 Å². The van der Waals surface area contributed by atoms with Crippen LogP contribution in [0.3, 0.4) is 0 Å². The fourth-order valence-corrected chi connectivity index (χ4v) is 0.574. The van der Waals surface area contributed by atoms with Crippen molar-refractivity contribution in [3.63, 3.8) is 0 Å². The number of hydrogen-bond donors (Lipinski definition) is 1. The van der Waals surface area contributed by atoms with Crippen LogP contribution < -0.4 is 0 Å². The number of rotatable bonds is 2. The van der Waals surface area contributed by atoms with E-state index in [1.54, 1.807) is 0 Å². The van der Waals surface area contributed by atoms with Crippen molar-refractivity contribution in [2.75, 3.05) is 6.16 Å². The van der Waals surface area contributed by atoms with Crippen molar-refractivity contribution >= 4 is 8.03 Å². The molecule has 0 spiro atoms. The molecule has 6 heavy (non-hydrogen) atoms. The molecule has 0 saturated heterocycles. The van der Waals surface area contributed by atoms with Gasteiger partial charge in [-0.25, -0.2) is 0 Å². The lowest BCUT2D eigenvalue weighted by molar-refractivity contribution is 0.502. The molecule has 0 aromatic heterocycles. The largest absolute Gasteiger partial charge is 0.320 e. The van der Waals surface area contributed by atoms with Crippen molar-refractivity contribution in [1.29, 1.82) is 0 Å². The van der Waals surface area contributed by atoms with Gasteiger partial charge in [-0.15, -0.1) is 0 Å². The Labute approximate surface area is 38.1 Å². The zero-order valence-electron chi connectivity index (χ0n) is 3.72. The summed E-state index contributed by atoms with van der Waals surface area (Å²) in [4.78, 5) is 8.06. The van der Waals surface area contributed by atoms with E-state index >= 15 is 0 Å². The zero-order valence-corrected chi connectivity index (χ0v) is 4.61. The lowest BCUT2D eigenvalue weighted by Crippen LogP contribution is -1.67. The summed E-state index contributed by atoms with van der Waals surface area (Å²) in [5.74, 6) is 0. The van der Waals surface area contributed by atoms with Gasteiger partial charge in [0, 0.05) is 6.16 Å². The molecule has 0 amide bonds. The fourth-order valence-electron chi connectivity index (χ4n) is 0.191. The minimum Gasteiger partial charge on any atom is -0.320 e. The molecule has 0 fully saturated rings. The van der Waals surface area contributed by atoms with Gasteiger partial charge in [0.1, 0.15) is 0 Å². The Kier molecular flexibility index (Phi) is 3.29. The molecule has 0 heterocycles. The van der Waals surface area contributed by atoms with Crippen molar-refractivity contribution in [3.8, 4) is 0 Å². The van der Waals surface area contributed by atoms with Gasteiger partial charge in [0.05, 0.1) is 0 Å². The van der Waals surface area contributed by atoms with Crippen molar-refractivity contribution < 1.29 is 9.46 Å². The lowest BCUT2D eigenvalue weighted by Gasteiger charge is -1.80. The molecule has 2 nitrogen and oxygen atoms in total. The fraction of sp³-hybridized carbons (Fsp3) is 1.00. The highest BCUT2D eigenvalue weighted by molar-refractivity contribution is 7.37. The average Bonchev–Trinajstić information content (AvgIpc) is 1.35. The summed E-state index contributed by atoms with van der Waals surface area (Å²) in [6.07, 6.45) is 1.24. The van der Waals surface area contributed by atoms with Crippen LogP contribution >= 0.6 is 8.03 Å².